The molecule has 160 valence electrons. The van der Waals surface area contributed by atoms with Gasteiger partial charge in [-0.3, -0.25) is 9.69 Å². The Bertz CT molecular complexity index is 700. The van der Waals surface area contributed by atoms with Crippen molar-refractivity contribution in [1.29, 1.82) is 0 Å². The van der Waals surface area contributed by atoms with E-state index in [4.69, 9.17) is 31.4 Å². The second kappa shape index (κ2) is 12.2. The monoisotopic (exact) mass is 424 g/mol. The van der Waals surface area contributed by atoms with Crippen LogP contribution in [0.2, 0.25) is 5.02 Å². The van der Waals surface area contributed by atoms with E-state index in [1.165, 1.54) is 5.56 Å². The van der Waals surface area contributed by atoms with Crippen molar-refractivity contribution in [2.24, 2.45) is 5.92 Å². The molecule has 1 saturated heterocycles. The molecule has 1 aromatic carbocycles. The largest absolute Gasteiger partial charge is 0.473 e. The van der Waals surface area contributed by atoms with Gasteiger partial charge in [0.25, 0.3) is 0 Å². The summed E-state index contributed by atoms with van der Waals surface area (Å²) >= 11 is 5.93. The molecule has 1 heterocycles. The average molecular weight is 425 g/mol. The Hall–Kier alpha value is -2.38. The zero-order chi connectivity index (χ0) is 22.0. The Morgan fingerprint density at radius 1 is 1.14 bits per heavy atom. The normalized spacial score (nSPS) is 14.4. The standard InChI is InChI=1S/C19H27ClN2O.C2H2O4/c1-4-22(13-15(2)3)19(23)17-9-11-21(12-10-17)14-16-5-7-18(20)8-6-16;3-1(4)2(5)6/h5-8,17H,2,4,9-14H2,1,3H3;(H,3,4)(H,5,6). The van der Waals surface area contributed by atoms with Crippen LogP contribution in [0, 0.1) is 5.92 Å². The lowest BCUT2D eigenvalue weighted by atomic mass is 9.94. The van der Waals surface area contributed by atoms with Crippen LogP contribution in [0.15, 0.2) is 36.4 Å². The third kappa shape index (κ3) is 9.11. The Kier molecular flexibility index (Phi) is 10.4. The number of nitrogens with zero attached hydrogens (tertiary/aromatic N) is 2. The first-order valence-electron chi connectivity index (χ1n) is 9.50. The van der Waals surface area contributed by atoms with E-state index in [-0.39, 0.29) is 5.92 Å². The fraction of sp³-hybridized carbons (Fsp3) is 0.476. The highest BCUT2D eigenvalue weighted by atomic mass is 35.5. The van der Waals surface area contributed by atoms with E-state index in [0.717, 1.165) is 49.6 Å². The minimum absolute atomic E-state index is 0.163. The molecular weight excluding hydrogens is 396 g/mol. The molecule has 1 aliphatic heterocycles. The van der Waals surface area contributed by atoms with Crippen molar-refractivity contribution in [3.8, 4) is 0 Å². The van der Waals surface area contributed by atoms with Gasteiger partial charge in [0, 0.05) is 30.6 Å². The maximum absolute atomic E-state index is 12.6. The van der Waals surface area contributed by atoms with Crippen LogP contribution in [0.5, 0.6) is 0 Å². The SMILES string of the molecule is C=C(C)CN(CC)C(=O)C1CCN(Cc2ccc(Cl)cc2)CC1.O=C(O)C(=O)O. The first-order chi connectivity index (χ1) is 13.6. The van der Waals surface area contributed by atoms with Crippen LogP contribution in [-0.2, 0) is 20.9 Å². The average Bonchev–Trinajstić information content (AvgIpc) is 2.68. The Balaban J connectivity index is 0.000000612. The third-order valence-electron chi connectivity index (χ3n) is 4.59. The molecule has 0 saturated carbocycles. The van der Waals surface area contributed by atoms with Gasteiger partial charge in [-0.15, -0.1) is 0 Å². The van der Waals surface area contributed by atoms with Gasteiger partial charge in [-0.05, 0) is 57.5 Å². The van der Waals surface area contributed by atoms with Crippen molar-refractivity contribution < 1.29 is 24.6 Å². The van der Waals surface area contributed by atoms with Gasteiger partial charge in [-0.2, -0.15) is 0 Å². The van der Waals surface area contributed by atoms with Gasteiger partial charge in [0.05, 0.1) is 0 Å². The van der Waals surface area contributed by atoms with E-state index in [1.807, 2.05) is 30.9 Å². The molecule has 0 aliphatic carbocycles. The number of amides is 1. The number of halogens is 1. The number of rotatable bonds is 6. The van der Waals surface area contributed by atoms with E-state index in [0.29, 0.717) is 12.5 Å². The van der Waals surface area contributed by atoms with E-state index in [9.17, 15) is 4.79 Å². The first-order valence-corrected chi connectivity index (χ1v) is 9.88. The molecule has 29 heavy (non-hydrogen) atoms. The van der Waals surface area contributed by atoms with Crippen LogP contribution in [0.4, 0.5) is 0 Å². The minimum Gasteiger partial charge on any atom is -0.473 e. The molecule has 0 spiro atoms. The van der Waals surface area contributed by atoms with Gasteiger partial charge >= 0.3 is 11.9 Å². The van der Waals surface area contributed by atoms with Crippen LogP contribution >= 0.6 is 11.6 Å². The number of carbonyl (C=O) groups is 3. The Morgan fingerprint density at radius 3 is 2.07 bits per heavy atom. The van der Waals surface area contributed by atoms with Crippen LogP contribution < -0.4 is 0 Å². The van der Waals surface area contributed by atoms with E-state index in [2.05, 4.69) is 23.6 Å². The van der Waals surface area contributed by atoms with Crippen molar-refractivity contribution in [2.45, 2.75) is 33.2 Å². The number of carboxylic acids is 2. The summed E-state index contributed by atoms with van der Waals surface area (Å²) in [5, 5.41) is 15.6. The molecule has 2 rings (SSSR count). The fourth-order valence-electron chi connectivity index (χ4n) is 3.12. The Labute approximate surface area is 176 Å². The summed E-state index contributed by atoms with van der Waals surface area (Å²) in [4.78, 5) is 35.2. The molecule has 1 aromatic rings. The second-order valence-electron chi connectivity index (χ2n) is 7.10. The van der Waals surface area contributed by atoms with Gasteiger partial charge < -0.3 is 15.1 Å². The fourth-order valence-corrected chi connectivity index (χ4v) is 3.24. The number of aliphatic carboxylic acids is 2. The number of carboxylic acid groups (broad SMARTS) is 2. The van der Waals surface area contributed by atoms with Crippen LogP contribution in [0.25, 0.3) is 0 Å². The molecule has 0 unspecified atom stereocenters. The predicted molar refractivity (Wildman–Crippen MR) is 112 cm³/mol. The Morgan fingerprint density at radius 2 is 1.66 bits per heavy atom. The molecule has 8 heteroatoms. The van der Waals surface area contributed by atoms with E-state index >= 15 is 0 Å². The number of likely N-dealkylation sites (tertiary alicyclic amines) is 1. The summed E-state index contributed by atoms with van der Waals surface area (Å²) in [5.74, 6) is -3.19. The lowest BCUT2D eigenvalue weighted by molar-refractivity contribution is -0.159. The van der Waals surface area contributed by atoms with Crippen molar-refractivity contribution >= 4 is 29.4 Å². The summed E-state index contributed by atoms with van der Waals surface area (Å²) in [6, 6.07) is 8.02. The number of hydrogen-bond donors (Lipinski definition) is 2. The van der Waals surface area contributed by atoms with Crippen LogP contribution in [0.3, 0.4) is 0 Å². The lowest BCUT2D eigenvalue weighted by Gasteiger charge is -2.34. The number of hydrogen-bond acceptors (Lipinski definition) is 4. The zero-order valence-electron chi connectivity index (χ0n) is 16.9. The molecular formula is C21H29ClN2O5. The molecule has 1 aliphatic rings. The van der Waals surface area contributed by atoms with Gasteiger partial charge in [0.1, 0.15) is 0 Å². The summed E-state index contributed by atoms with van der Waals surface area (Å²) in [7, 11) is 0. The van der Waals surface area contributed by atoms with E-state index < -0.39 is 11.9 Å². The molecule has 1 amide bonds. The molecule has 2 N–H and O–H groups in total. The highest BCUT2D eigenvalue weighted by Crippen LogP contribution is 2.22. The highest BCUT2D eigenvalue weighted by Gasteiger charge is 2.27. The van der Waals surface area contributed by atoms with Crippen molar-refractivity contribution in [3.63, 3.8) is 0 Å². The topological polar surface area (TPSA) is 98.2 Å². The van der Waals surface area contributed by atoms with Gasteiger partial charge in [0.15, 0.2) is 0 Å². The highest BCUT2D eigenvalue weighted by molar-refractivity contribution is 6.30. The maximum atomic E-state index is 12.6. The van der Waals surface area contributed by atoms with Crippen LogP contribution in [0.1, 0.15) is 32.3 Å². The van der Waals surface area contributed by atoms with Gasteiger partial charge in [0.2, 0.25) is 5.91 Å². The van der Waals surface area contributed by atoms with Crippen LogP contribution in [-0.4, -0.2) is 64.0 Å². The van der Waals surface area contributed by atoms with Crippen molar-refractivity contribution in [2.75, 3.05) is 26.2 Å². The summed E-state index contributed by atoms with van der Waals surface area (Å²) in [6.07, 6.45) is 1.89. The number of piperidine rings is 1. The molecule has 0 bridgehead atoms. The van der Waals surface area contributed by atoms with E-state index in [1.54, 1.807) is 0 Å². The minimum atomic E-state index is -1.82. The molecule has 0 aromatic heterocycles. The summed E-state index contributed by atoms with van der Waals surface area (Å²) in [5.41, 5.74) is 2.32. The number of likely N-dealkylation sites (N-methyl/N-ethyl adjacent to an activating group) is 1. The van der Waals surface area contributed by atoms with Gasteiger partial charge in [-0.1, -0.05) is 35.9 Å². The number of carbonyl (C=O) groups excluding carboxylic acids is 1. The third-order valence-corrected chi connectivity index (χ3v) is 4.85. The van der Waals surface area contributed by atoms with Gasteiger partial charge in [-0.25, -0.2) is 9.59 Å². The zero-order valence-corrected chi connectivity index (χ0v) is 17.7. The first kappa shape index (κ1) is 24.7. The number of benzene rings is 1. The van der Waals surface area contributed by atoms with Crippen molar-refractivity contribution in [1.82, 2.24) is 9.80 Å². The summed E-state index contributed by atoms with van der Waals surface area (Å²) in [6.45, 7) is 12.3. The lowest BCUT2D eigenvalue weighted by Crippen LogP contribution is -2.42. The molecule has 0 atom stereocenters. The quantitative estimate of drug-likeness (QED) is 0.537. The molecule has 7 nitrogen and oxygen atoms in total. The molecule has 0 radical (unpaired) electrons. The molecule has 1 fully saturated rings. The smallest absolute Gasteiger partial charge is 0.414 e. The predicted octanol–water partition coefficient (Wildman–Crippen LogP) is 3.13. The summed E-state index contributed by atoms with van der Waals surface area (Å²) < 4.78 is 0. The van der Waals surface area contributed by atoms with Crippen molar-refractivity contribution in [3.05, 3.63) is 47.0 Å². The maximum Gasteiger partial charge on any atom is 0.414 e. The second-order valence-corrected chi connectivity index (χ2v) is 7.53.